The first kappa shape index (κ1) is 15.2. The van der Waals surface area contributed by atoms with Crippen molar-refractivity contribution in [1.82, 2.24) is 9.38 Å². The van der Waals surface area contributed by atoms with Crippen LogP contribution in [0.2, 0.25) is 0 Å². The van der Waals surface area contributed by atoms with Crippen molar-refractivity contribution in [1.29, 1.82) is 0 Å². The maximum atomic E-state index is 14.4. The predicted octanol–water partition coefficient (Wildman–Crippen LogP) is 5.06. The lowest BCUT2D eigenvalue weighted by atomic mass is 10.1. The van der Waals surface area contributed by atoms with Crippen LogP contribution in [0.4, 0.5) is 10.2 Å². The van der Waals surface area contributed by atoms with Gasteiger partial charge in [0, 0.05) is 17.3 Å². The molecule has 1 aliphatic rings. The zero-order valence-electron chi connectivity index (χ0n) is 13.9. The van der Waals surface area contributed by atoms with E-state index in [1.807, 2.05) is 24.3 Å². The molecule has 1 saturated carbocycles. The molecule has 0 saturated heterocycles. The first-order valence-corrected chi connectivity index (χ1v) is 8.79. The van der Waals surface area contributed by atoms with Crippen molar-refractivity contribution in [2.45, 2.75) is 45.1 Å². The Balaban J connectivity index is 1.93. The van der Waals surface area contributed by atoms with Crippen molar-refractivity contribution in [3.8, 4) is 11.3 Å². The highest BCUT2D eigenvalue weighted by Crippen LogP contribution is 2.34. The van der Waals surface area contributed by atoms with Crippen LogP contribution in [0.5, 0.6) is 0 Å². The molecule has 24 heavy (non-hydrogen) atoms. The lowest BCUT2D eigenvalue weighted by Crippen LogP contribution is -2.17. The summed E-state index contributed by atoms with van der Waals surface area (Å²) in [6.45, 7) is 2.14. The van der Waals surface area contributed by atoms with Crippen molar-refractivity contribution in [2.75, 3.05) is 5.32 Å². The molecule has 124 valence electrons. The van der Waals surface area contributed by atoms with Crippen LogP contribution in [0, 0.1) is 5.82 Å². The number of hydrogen-bond acceptors (Lipinski definition) is 2. The van der Waals surface area contributed by atoms with E-state index in [1.165, 1.54) is 24.6 Å². The maximum absolute atomic E-state index is 14.4. The normalized spacial score (nSPS) is 15.2. The van der Waals surface area contributed by atoms with Gasteiger partial charge in [0.1, 0.15) is 23.0 Å². The van der Waals surface area contributed by atoms with Gasteiger partial charge in [0.25, 0.3) is 0 Å². The zero-order valence-corrected chi connectivity index (χ0v) is 13.9. The van der Waals surface area contributed by atoms with Gasteiger partial charge in [0.05, 0.1) is 0 Å². The summed E-state index contributed by atoms with van der Waals surface area (Å²) in [5.41, 5.74) is 3.32. The SMILES string of the molecule is CCc1cccc2nc(-c3ccccc3F)c(NC3CCCC3)n12. The molecule has 1 fully saturated rings. The molecule has 0 spiro atoms. The summed E-state index contributed by atoms with van der Waals surface area (Å²) in [7, 11) is 0. The van der Waals surface area contributed by atoms with E-state index in [0.717, 1.165) is 30.7 Å². The molecule has 0 unspecified atom stereocenters. The van der Waals surface area contributed by atoms with E-state index < -0.39 is 0 Å². The molecule has 0 bridgehead atoms. The van der Waals surface area contributed by atoms with Gasteiger partial charge in [-0.3, -0.25) is 4.40 Å². The van der Waals surface area contributed by atoms with E-state index in [0.29, 0.717) is 17.3 Å². The third kappa shape index (κ3) is 2.56. The summed E-state index contributed by atoms with van der Waals surface area (Å²) in [5.74, 6) is 0.702. The van der Waals surface area contributed by atoms with Crippen molar-refractivity contribution in [2.24, 2.45) is 0 Å². The van der Waals surface area contributed by atoms with Gasteiger partial charge in [0.2, 0.25) is 0 Å². The van der Waals surface area contributed by atoms with Crippen LogP contribution in [0.15, 0.2) is 42.5 Å². The fourth-order valence-electron chi connectivity index (χ4n) is 3.67. The summed E-state index contributed by atoms with van der Waals surface area (Å²) in [6.07, 6.45) is 5.74. The topological polar surface area (TPSA) is 29.3 Å². The number of fused-ring (bicyclic) bond motifs is 1. The summed E-state index contributed by atoms with van der Waals surface area (Å²) in [6, 6.07) is 13.5. The number of hydrogen-bond donors (Lipinski definition) is 1. The molecule has 0 radical (unpaired) electrons. The van der Waals surface area contributed by atoms with Gasteiger partial charge in [-0.1, -0.05) is 38.0 Å². The largest absolute Gasteiger partial charge is 0.367 e. The molecule has 0 amide bonds. The van der Waals surface area contributed by atoms with E-state index in [1.54, 1.807) is 6.07 Å². The van der Waals surface area contributed by atoms with Crippen molar-refractivity contribution in [3.63, 3.8) is 0 Å². The highest BCUT2D eigenvalue weighted by molar-refractivity contribution is 5.77. The number of nitrogens with one attached hydrogen (secondary N) is 1. The van der Waals surface area contributed by atoms with Crippen LogP contribution in [-0.4, -0.2) is 15.4 Å². The minimum atomic E-state index is -0.228. The Morgan fingerprint density at radius 1 is 1.12 bits per heavy atom. The van der Waals surface area contributed by atoms with Gasteiger partial charge >= 0.3 is 0 Å². The second kappa shape index (κ2) is 6.27. The van der Waals surface area contributed by atoms with Gasteiger partial charge in [-0.15, -0.1) is 0 Å². The van der Waals surface area contributed by atoms with Gasteiger partial charge in [0.15, 0.2) is 0 Å². The Morgan fingerprint density at radius 3 is 2.67 bits per heavy atom. The van der Waals surface area contributed by atoms with Gasteiger partial charge in [-0.05, 0) is 43.5 Å². The number of benzene rings is 1. The number of nitrogens with zero attached hydrogens (tertiary/aromatic N) is 2. The molecule has 4 heteroatoms. The molecule has 1 aromatic carbocycles. The molecule has 0 atom stereocenters. The summed E-state index contributed by atoms with van der Waals surface area (Å²) in [4.78, 5) is 4.75. The fraction of sp³-hybridized carbons (Fsp3) is 0.350. The number of aromatic nitrogens is 2. The quantitative estimate of drug-likeness (QED) is 0.727. The third-order valence-corrected chi connectivity index (χ3v) is 4.91. The summed E-state index contributed by atoms with van der Waals surface area (Å²) < 4.78 is 16.6. The Kier molecular flexibility index (Phi) is 3.97. The smallest absolute Gasteiger partial charge is 0.139 e. The van der Waals surface area contributed by atoms with Gasteiger partial charge in [-0.25, -0.2) is 9.37 Å². The predicted molar refractivity (Wildman–Crippen MR) is 95.8 cm³/mol. The van der Waals surface area contributed by atoms with Crippen molar-refractivity contribution in [3.05, 3.63) is 54.0 Å². The van der Waals surface area contributed by atoms with E-state index in [9.17, 15) is 4.39 Å². The van der Waals surface area contributed by atoms with Crippen LogP contribution < -0.4 is 5.32 Å². The molecule has 3 nitrogen and oxygen atoms in total. The molecule has 2 aromatic heterocycles. The molecule has 1 aliphatic carbocycles. The molecule has 1 N–H and O–H groups in total. The molecular weight excluding hydrogens is 301 g/mol. The minimum Gasteiger partial charge on any atom is -0.367 e. The highest BCUT2D eigenvalue weighted by Gasteiger charge is 2.22. The molecule has 3 aromatic rings. The number of anilines is 1. The van der Waals surface area contributed by atoms with Gasteiger partial charge in [-0.2, -0.15) is 0 Å². The number of halogens is 1. The number of imidazole rings is 1. The van der Waals surface area contributed by atoms with Crippen LogP contribution in [-0.2, 0) is 6.42 Å². The monoisotopic (exact) mass is 323 g/mol. The van der Waals surface area contributed by atoms with E-state index in [2.05, 4.69) is 22.7 Å². The Bertz CT molecular complexity index is 862. The third-order valence-electron chi connectivity index (χ3n) is 4.91. The standard InChI is InChI=1S/C20H22FN3/c1-2-15-10-7-13-18-23-19(16-11-5-6-12-17(16)21)20(24(15)18)22-14-8-3-4-9-14/h5-7,10-14,22H,2-4,8-9H2,1H3. The van der Waals surface area contributed by atoms with E-state index in [-0.39, 0.29) is 5.82 Å². The van der Waals surface area contributed by atoms with Crippen molar-refractivity contribution >= 4 is 11.5 Å². The Labute approximate surface area is 141 Å². The highest BCUT2D eigenvalue weighted by atomic mass is 19.1. The first-order valence-electron chi connectivity index (χ1n) is 8.79. The number of pyridine rings is 1. The van der Waals surface area contributed by atoms with Gasteiger partial charge < -0.3 is 5.32 Å². The Hall–Kier alpha value is -2.36. The zero-order chi connectivity index (χ0) is 16.5. The molecule has 0 aliphatic heterocycles. The lowest BCUT2D eigenvalue weighted by Gasteiger charge is -2.16. The summed E-state index contributed by atoms with van der Waals surface area (Å²) >= 11 is 0. The number of aryl methyl sites for hydroxylation is 1. The molecule has 4 rings (SSSR count). The lowest BCUT2D eigenvalue weighted by molar-refractivity contribution is 0.631. The average Bonchev–Trinajstić information content (AvgIpc) is 3.24. The first-order chi connectivity index (χ1) is 11.8. The van der Waals surface area contributed by atoms with Crippen molar-refractivity contribution < 1.29 is 4.39 Å². The minimum absolute atomic E-state index is 0.228. The Morgan fingerprint density at radius 2 is 1.92 bits per heavy atom. The molecule has 2 heterocycles. The van der Waals surface area contributed by atoms with Crippen LogP contribution in [0.1, 0.15) is 38.3 Å². The summed E-state index contributed by atoms with van der Waals surface area (Å²) in [5, 5.41) is 3.67. The van der Waals surface area contributed by atoms with Crippen LogP contribution >= 0.6 is 0 Å². The van der Waals surface area contributed by atoms with Crippen LogP contribution in [0.3, 0.4) is 0 Å². The maximum Gasteiger partial charge on any atom is 0.139 e. The molecular formula is C20H22FN3. The van der Waals surface area contributed by atoms with E-state index >= 15 is 0 Å². The van der Waals surface area contributed by atoms with E-state index in [4.69, 9.17) is 4.98 Å². The second-order valence-electron chi connectivity index (χ2n) is 6.48. The van der Waals surface area contributed by atoms with Crippen LogP contribution in [0.25, 0.3) is 16.9 Å². The second-order valence-corrected chi connectivity index (χ2v) is 6.48. The fourth-order valence-corrected chi connectivity index (χ4v) is 3.67. The average molecular weight is 323 g/mol. The number of rotatable bonds is 4.